The van der Waals surface area contributed by atoms with Crippen LogP contribution in [0.15, 0.2) is 42.0 Å². The number of esters is 1. The fraction of sp³-hybridized carbons (Fsp3) is 0.455. The highest BCUT2D eigenvalue weighted by molar-refractivity contribution is 5.76. The van der Waals surface area contributed by atoms with Crippen molar-refractivity contribution in [1.82, 2.24) is 5.32 Å². The van der Waals surface area contributed by atoms with Gasteiger partial charge in [-0.25, -0.2) is 4.39 Å². The van der Waals surface area contributed by atoms with Gasteiger partial charge in [-0.3, -0.25) is 10.1 Å². The molecule has 9 heteroatoms. The Morgan fingerprint density at radius 3 is 2.55 bits per heavy atom. The number of aliphatic hydroxyl groups is 1. The summed E-state index contributed by atoms with van der Waals surface area (Å²) in [6, 6.07) is 4.02. The molecule has 0 aliphatic heterocycles. The Bertz CT molecular complexity index is 914. The summed E-state index contributed by atoms with van der Waals surface area (Å²) < 4.78 is 61.2. The van der Waals surface area contributed by atoms with Crippen molar-refractivity contribution >= 4 is 11.5 Å². The van der Waals surface area contributed by atoms with Crippen LogP contribution in [-0.2, 0) is 9.53 Å². The van der Waals surface area contributed by atoms with E-state index in [1.807, 2.05) is 6.07 Å². The Hall–Kier alpha value is -2.70. The maximum Gasteiger partial charge on any atom is 0.407 e. The lowest BCUT2D eigenvalue weighted by molar-refractivity contribution is -0.158. The number of hydrogen-bond donors (Lipinski definition) is 2. The molecule has 2 N–H and O–H groups in total. The van der Waals surface area contributed by atoms with Gasteiger partial charge in [0.2, 0.25) is 5.85 Å². The van der Waals surface area contributed by atoms with Gasteiger partial charge < -0.3 is 9.84 Å². The number of nitrogens with zero attached hydrogens (tertiary/aromatic N) is 1. The van der Waals surface area contributed by atoms with Gasteiger partial charge in [0, 0.05) is 12.0 Å². The van der Waals surface area contributed by atoms with Crippen LogP contribution in [0.5, 0.6) is 0 Å². The summed E-state index contributed by atoms with van der Waals surface area (Å²) in [5, 5.41) is 21.6. The van der Waals surface area contributed by atoms with E-state index < -0.39 is 42.1 Å². The van der Waals surface area contributed by atoms with Crippen LogP contribution in [-0.4, -0.2) is 42.3 Å². The highest BCUT2D eigenvalue weighted by Gasteiger charge is 2.48. The van der Waals surface area contributed by atoms with E-state index >= 15 is 4.39 Å². The number of hydrogen-bond acceptors (Lipinski definition) is 5. The van der Waals surface area contributed by atoms with Crippen molar-refractivity contribution in [2.45, 2.75) is 50.8 Å². The molecule has 0 heterocycles. The van der Waals surface area contributed by atoms with Crippen molar-refractivity contribution in [2.75, 3.05) is 7.11 Å². The summed E-state index contributed by atoms with van der Waals surface area (Å²) in [7, 11) is 1.07. The Balaban J connectivity index is 2.44. The highest BCUT2D eigenvalue weighted by atomic mass is 19.4. The Morgan fingerprint density at radius 1 is 1.35 bits per heavy atom. The zero-order chi connectivity index (χ0) is 23.4. The lowest BCUT2D eigenvalue weighted by Crippen LogP contribution is -2.53. The van der Waals surface area contributed by atoms with E-state index in [1.165, 1.54) is 24.3 Å². The molecular formula is C22H24F4N2O3. The molecule has 5 nitrogen and oxygen atoms in total. The monoisotopic (exact) mass is 440 g/mol. The van der Waals surface area contributed by atoms with Crippen LogP contribution < -0.4 is 5.32 Å². The number of rotatable bonds is 7. The number of alkyl halides is 4. The summed E-state index contributed by atoms with van der Waals surface area (Å²) in [5.74, 6) is -4.07. The predicted octanol–water partition coefficient (Wildman–Crippen LogP) is 4.04. The first-order valence-electron chi connectivity index (χ1n) is 9.62. The second-order valence-electron chi connectivity index (χ2n) is 7.80. The van der Waals surface area contributed by atoms with Crippen LogP contribution in [0.4, 0.5) is 17.6 Å². The Morgan fingerprint density at radius 2 is 2.03 bits per heavy atom. The van der Waals surface area contributed by atoms with Gasteiger partial charge >= 0.3 is 12.1 Å². The summed E-state index contributed by atoms with van der Waals surface area (Å²) >= 11 is 0. The standard InChI is InChI=1S/C22H24F4N2O3/c1-13(2)9-18(20(29)31-3)28-19(22(24,25)26)16-7-8-17(21(23,30)11-16)15-6-4-5-14(10-15)12-27/h4-8,10,13,18-19,28,30H,9,11H2,1-3H3. The van der Waals surface area contributed by atoms with Crippen LogP contribution in [0, 0.1) is 17.2 Å². The number of halogens is 4. The average Bonchev–Trinajstić information content (AvgIpc) is 2.68. The van der Waals surface area contributed by atoms with Crippen LogP contribution in [0.3, 0.4) is 0 Å². The van der Waals surface area contributed by atoms with Gasteiger partial charge in [0.05, 0.1) is 18.7 Å². The van der Waals surface area contributed by atoms with Crippen molar-refractivity contribution in [2.24, 2.45) is 5.92 Å². The Kier molecular flexibility index (Phi) is 7.63. The maximum atomic E-state index is 15.1. The number of nitriles is 1. The SMILES string of the molecule is COC(=O)C(CC(C)C)NC(C1=CC=C(c2cccc(C#N)c2)C(O)(F)C1)C(F)(F)F. The molecule has 1 aromatic carbocycles. The van der Waals surface area contributed by atoms with Gasteiger partial charge in [0.15, 0.2) is 0 Å². The van der Waals surface area contributed by atoms with Crippen molar-refractivity contribution in [3.8, 4) is 6.07 Å². The molecule has 0 amide bonds. The summed E-state index contributed by atoms with van der Waals surface area (Å²) in [5.41, 5.74) is -0.312. The molecule has 3 unspecified atom stereocenters. The second-order valence-corrected chi connectivity index (χ2v) is 7.80. The van der Waals surface area contributed by atoms with E-state index in [-0.39, 0.29) is 29.0 Å². The van der Waals surface area contributed by atoms with Gasteiger partial charge in [-0.2, -0.15) is 18.4 Å². The zero-order valence-corrected chi connectivity index (χ0v) is 17.3. The van der Waals surface area contributed by atoms with E-state index in [0.29, 0.717) is 0 Å². The van der Waals surface area contributed by atoms with E-state index in [4.69, 9.17) is 5.26 Å². The van der Waals surface area contributed by atoms with Crippen LogP contribution in [0.25, 0.3) is 5.57 Å². The normalized spacial score (nSPS) is 21.0. The number of benzene rings is 1. The minimum atomic E-state index is -4.85. The van der Waals surface area contributed by atoms with Gasteiger partial charge in [-0.05, 0) is 35.6 Å². The number of nitrogens with one attached hydrogen (secondary N) is 1. The topological polar surface area (TPSA) is 82.3 Å². The molecule has 0 bridgehead atoms. The van der Waals surface area contributed by atoms with E-state index in [1.54, 1.807) is 13.8 Å². The smallest absolute Gasteiger partial charge is 0.407 e. The van der Waals surface area contributed by atoms with E-state index in [9.17, 15) is 23.1 Å². The first-order chi connectivity index (χ1) is 14.4. The zero-order valence-electron chi connectivity index (χ0n) is 17.3. The fourth-order valence-corrected chi connectivity index (χ4v) is 3.47. The molecule has 0 aromatic heterocycles. The largest absolute Gasteiger partial charge is 0.468 e. The minimum absolute atomic E-state index is 0.0778. The molecule has 0 saturated heterocycles. The van der Waals surface area contributed by atoms with Crippen molar-refractivity contribution in [3.05, 3.63) is 53.1 Å². The number of allylic oxidation sites excluding steroid dienone is 2. The fourth-order valence-electron chi connectivity index (χ4n) is 3.47. The molecule has 3 atom stereocenters. The third-order valence-corrected chi connectivity index (χ3v) is 4.88. The van der Waals surface area contributed by atoms with Crippen molar-refractivity contribution in [3.63, 3.8) is 0 Å². The third kappa shape index (κ3) is 6.15. The highest BCUT2D eigenvalue weighted by Crippen LogP contribution is 2.41. The van der Waals surface area contributed by atoms with Crippen LogP contribution in [0.1, 0.15) is 37.8 Å². The van der Waals surface area contributed by atoms with Crippen molar-refractivity contribution in [1.29, 1.82) is 5.26 Å². The van der Waals surface area contributed by atoms with Gasteiger partial charge in [-0.1, -0.05) is 38.1 Å². The number of ether oxygens (including phenoxy) is 1. The minimum Gasteiger partial charge on any atom is -0.468 e. The molecule has 0 spiro atoms. The van der Waals surface area contributed by atoms with Crippen LogP contribution in [0.2, 0.25) is 0 Å². The summed E-state index contributed by atoms with van der Waals surface area (Å²) in [6.45, 7) is 3.48. The number of methoxy groups -OCH3 is 1. The van der Waals surface area contributed by atoms with E-state index in [2.05, 4.69) is 10.1 Å². The lowest BCUT2D eigenvalue weighted by Gasteiger charge is -2.34. The first kappa shape index (κ1) is 24.6. The lowest BCUT2D eigenvalue weighted by atomic mass is 9.85. The molecule has 1 aromatic rings. The van der Waals surface area contributed by atoms with Crippen molar-refractivity contribution < 1.29 is 32.2 Å². The molecule has 2 rings (SSSR count). The van der Waals surface area contributed by atoms with Gasteiger partial charge in [0.1, 0.15) is 12.1 Å². The second kappa shape index (κ2) is 9.62. The molecule has 0 radical (unpaired) electrons. The number of carbonyl (C=O) groups excluding carboxylic acids is 1. The molecule has 1 aliphatic carbocycles. The molecule has 0 fully saturated rings. The summed E-state index contributed by atoms with van der Waals surface area (Å²) in [6.07, 6.45) is -3.59. The first-order valence-corrected chi connectivity index (χ1v) is 9.62. The maximum absolute atomic E-state index is 15.1. The van der Waals surface area contributed by atoms with Gasteiger partial charge in [0.25, 0.3) is 0 Å². The molecule has 0 saturated carbocycles. The summed E-state index contributed by atoms with van der Waals surface area (Å²) in [4.78, 5) is 12.0. The average molecular weight is 440 g/mol. The molecular weight excluding hydrogens is 416 g/mol. The van der Waals surface area contributed by atoms with E-state index in [0.717, 1.165) is 19.3 Å². The molecule has 168 valence electrons. The quantitative estimate of drug-likeness (QED) is 0.494. The Labute approximate surface area is 178 Å². The van der Waals surface area contributed by atoms with Gasteiger partial charge in [-0.15, -0.1) is 0 Å². The number of carbonyl (C=O) groups is 1. The third-order valence-electron chi connectivity index (χ3n) is 4.88. The predicted molar refractivity (Wildman–Crippen MR) is 106 cm³/mol. The molecule has 1 aliphatic rings. The molecule has 31 heavy (non-hydrogen) atoms. The van der Waals surface area contributed by atoms with Crippen LogP contribution >= 0.6 is 0 Å².